The number of carbonyl (C=O) groups is 2. The molecule has 0 saturated carbocycles. The van der Waals surface area contributed by atoms with E-state index >= 15 is 0 Å². The highest BCUT2D eigenvalue weighted by Crippen LogP contribution is 2.27. The number of amides is 2. The van der Waals surface area contributed by atoms with E-state index in [1.54, 1.807) is 55.6 Å². The zero-order valence-corrected chi connectivity index (χ0v) is 26.6. The molecule has 230 valence electrons. The van der Waals surface area contributed by atoms with Crippen LogP contribution >= 0.6 is 0 Å². The number of rotatable bonds is 12. The lowest BCUT2D eigenvalue weighted by Crippen LogP contribution is -2.53. The second-order valence-corrected chi connectivity index (χ2v) is 12.7. The van der Waals surface area contributed by atoms with Gasteiger partial charge in [0, 0.05) is 20.0 Å². The van der Waals surface area contributed by atoms with Crippen LogP contribution in [0.15, 0.2) is 102 Å². The standard InChI is InChI=1S/C35H39N3O5S/c1-25-14-16-32(17-15-25)44(41,42)38(30-19-26(2)18-27(3)20-30)24-34(39)37(23-29-12-9-13-31(21-29)43-5)33(35(40)36-4)22-28-10-7-6-8-11-28/h6-21,33H,22-24H2,1-5H3,(H,36,40)/t33-/m0/s1. The number of nitrogens with zero attached hydrogens (tertiary/aromatic N) is 2. The second-order valence-electron chi connectivity index (χ2n) is 10.9. The molecule has 4 aromatic rings. The highest BCUT2D eigenvalue weighted by Gasteiger charge is 2.34. The summed E-state index contributed by atoms with van der Waals surface area (Å²) < 4.78 is 34.9. The summed E-state index contributed by atoms with van der Waals surface area (Å²) in [6, 6.07) is 27.8. The number of carbonyl (C=O) groups excluding carboxylic acids is 2. The average Bonchev–Trinajstić information content (AvgIpc) is 3.01. The molecule has 2 amide bonds. The van der Waals surface area contributed by atoms with Crippen molar-refractivity contribution in [2.24, 2.45) is 0 Å². The van der Waals surface area contributed by atoms with Crippen LogP contribution in [0.4, 0.5) is 5.69 Å². The molecule has 0 radical (unpaired) electrons. The summed E-state index contributed by atoms with van der Waals surface area (Å²) in [5.41, 5.74) is 4.60. The fourth-order valence-corrected chi connectivity index (χ4v) is 6.55. The van der Waals surface area contributed by atoms with Crippen molar-refractivity contribution in [3.8, 4) is 5.75 Å². The predicted octanol–water partition coefficient (Wildman–Crippen LogP) is 5.20. The van der Waals surface area contributed by atoms with Crippen molar-refractivity contribution < 1.29 is 22.7 Å². The van der Waals surface area contributed by atoms with Gasteiger partial charge in [-0.2, -0.15) is 0 Å². The number of hydrogen-bond acceptors (Lipinski definition) is 5. The third kappa shape index (κ3) is 7.85. The van der Waals surface area contributed by atoms with E-state index in [-0.39, 0.29) is 23.8 Å². The maximum absolute atomic E-state index is 14.4. The average molecular weight is 614 g/mol. The molecule has 1 atom stereocenters. The van der Waals surface area contributed by atoms with Crippen molar-refractivity contribution in [2.75, 3.05) is 25.0 Å². The van der Waals surface area contributed by atoms with Gasteiger partial charge in [0.05, 0.1) is 17.7 Å². The number of likely N-dealkylation sites (N-methyl/N-ethyl adjacent to an activating group) is 1. The first-order valence-corrected chi connectivity index (χ1v) is 15.8. The Balaban J connectivity index is 1.82. The van der Waals surface area contributed by atoms with Gasteiger partial charge in [-0.25, -0.2) is 8.42 Å². The van der Waals surface area contributed by atoms with Crippen LogP contribution in [-0.2, 0) is 32.6 Å². The SMILES string of the molecule is CNC(=O)[C@H](Cc1ccccc1)N(Cc1cccc(OC)c1)C(=O)CN(c1cc(C)cc(C)c1)S(=O)(=O)c1ccc(C)cc1. The Labute approximate surface area is 260 Å². The number of ether oxygens (including phenoxy) is 1. The number of benzene rings is 4. The van der Waals surface area contributed by atoms with Crippen molar-refractivity contribution in [1.82, 2.24) is 10.2 Å². The quantitative estimate of drug-likeness (QED) is 0.237. The van der Waals surface area contributed by atoms with E-state index in [0.29, 0.717) is 11.4 Å². The number of hydrogen-bond donors (Lipinski definition) is 1. The molecule has 0 spiro atoms. The molecular formula is C35H39N3O5S. The van der Waals surface area contributed by atoms with Gasteiger partial charge in [0.1, 0.15) is 18.3 Å². The molecule has 0 bridgehead atoms. The first-order chi connectivity index (χ1) is 21.0. The molecule has 0 fully saturated rings. The molecule has 44 heavy (non-hydrogen) atoms. The number of sulfonamides is 1. The monoisotopic (exact) mass is 613 g/mol. The highest BCUT2D eigenvalue weighted by atomic mass is 32.2. The lowest BCUT2D eigenvalue weighted by atomic mass is 10.0. The molecule has 0 saturated heterocycles. The van der Waals surface area contributed by atoms with Gasteiger partial charge >= 0.3 is 0 Å². The van der Waals surface area contributed by atoms with Crippen LogP contribution in [-0.4, -0.2) is 51.9 Å². The number of anilines is 1. The topological polar surface area (TPSA) is 96.0 Å². The Morgan fingerprint density at radius 2 is 1.43 bits per heavy atom. The summed E-state index contributed by atoms with van der Waals surface area (Å²) in [7, 11) is -1.08. The minimum Gasteiger partial charge on any atom is -0.497 e. The van der Waals surface area contributed by atoms with Crippen molar-refractivity contribution >= 4 is 27.5 Å². The zero-order chi connectivity index (χ0) is 31.9. The van der Waals surface area contributed by atoms with Gasteiger partial charge in [-0.05, 0) is 79.4 Å². The van der Waals surface area contributed by atoms with Crippen molar-refractivity contribution in [2.45, 2.75) is 44.7 Å². The molecule has 0 aliphatic carbocycles. The van der Waals surface area contributed by atoms with Crippen molar-refractivity contribution in [3.63, 3.8) is 0 Å². The second kappa shape index (κ2) is 14.2. The van der Waals surface area contributed by atoms with Crippen LogP contribution in [0.3, 0.4) is 0 Å². The van der Waals surface area contributed by atoms with Gasteiger partial charge in [-0.15, -0.1) is 0 Å². The molecule has 0 aromatic heterocycles. The minimum absolute atomic E-state index is 0.0617. The summed E-state index contributed by atoms with van der Waals surface area (Å²) in [5, 5.41) is 2.70. The summed E-state index contributed by atoms with van der Waals surface area (Å²) in [6.07, 6.45) is 0.241. The molecule has 0 heterocycles. The minimum atomic E-state index is -4.16. The van der Waals surface area contributed by atoms with Crippen LogP contribution in [0, 0.1) is 20.8 Å². The zero-order valence-electron chi connectivity index (χ0n) is 25.8. The van der Waals surface area contributed by atoms with Gasteiger partial charge in [-0.3, -0.25) is 13.9 Å². The first kappa shape index (κ1) is 32.3. The molecule has 0 aliphatic rings. The van der Waals surface area contributed by atoms with Crippen LogP contribution in [0.25, 0.3) is 0 Å². The van der Waals surface area contributed by atoms with Gasteiger partial charge < -0.3 is 15.0 Å². The van der Waals surface area contributed by atoms with E-state index in [9.17, 15) is 18.0 Å². The molecule has 1 N–H and O–H groups in total. The lowest BCUT2D eigenvalue weighted by molar-refractivity contribution is -0.139. The maximum Gasteiger partial charge on any atom is 0.264 e. The number of aryl methyl sites for hydroxylation is 3. The van der Waals surface area contributed by atoms with E-state index in [4.69, 9.17) is 4.74 Å². The van der Waals surface area contributed by atoms with Crippen LogP contribution in [0.5, 0.6) is 5.75 Å². The van der Waals surface area contributed by atoms with Gasteiger partial charge in [0.2, 0.25) is 11.8 Å². The number of methoxy groups -OCH3 is 1. The van der Waals surface area contributed by atoms with Crippen LogP contribution in [0.1, 0.15) is 27.8 Å². The Morgan fingerprint density at radius 1 is 0.795 bits per heavy atom. The molecule has 0 aliphatic heterocycles. The lowest BCUT2D eigenvalue weighted by Gasteiger charge is -2.33. The molecular weight excluding hydrogens is 574 g/mol. The van der Waals surface area contributed by atoms with Gasteiger partial charge in [0.25, 0.3) is 10.0 Å². The Bertz CT molecular complexity index is 1690. The van der Waals surface area contributed by atoms with E-state index in [1.165, 1.54) is 11.9 Å². The molecule has 8 nitrogen and oxygen atoms in total. The molecule has 0 unspecified atom stereocenters. The van der Waals surface area contributed by atoms with Gasteiger partial charge in [0.15, 0.2) is 0 Å². The third-order valence-electron chi connectivity index (χ3n) is 7.39. The first-order valence-electron chi connectivity index (χ1n) is 14.4. The fraction of sp³-hybridized carbons (Fsp3) is 0.257. The summed E-state index contributed by atoms with van der Waals surface area (Å²) >= 11 is 0. The Morgan fingerprint density at radius 3 is 2.05 bits per heavy atom. The predicted molar refractivity (Wildman–Crippen MR) is 173 cm³/mol. The van der Waals surface area contributed by atoms with Crippen LogP contribution < -0.4 is 14.4 Å². The van der Waals surface area contributed by atoms with Gasteiger partial charge in [-0.1, -0.05) is 66.2 Å². The highest BCUT2D eigenvalue weighted by molar-refractivity contribution is 7.92. The van der Waals surface area contributed by atoms with E-state index in [0.717, 1.165) is 32.1 Å². The Kier molecular flexibility index (Phi) is 10.4. The third-order valence-corrected chi connectivity index (χ3v) is 9.17. The van der Waals surface area contributed by atoms with E-state index in [1.807, 2.05) is 69.3 Å². The smallest absolute Gasteiger partial charge is 0.264 e. The summed E-state index contributed by atoms with van der Waals surface area (Å²) in [4.78, 5) is 29.4. The largest absolute Gasteiger partial charge is 0.497 e. The number of nitrogens with one attached hydrogen (secondary N) is 1. The van der Waals surface area contributed by atoms with E-state index < -0.39 is 28.5 Å². The molecule has 9 heteroatoms. The van der Waals surface area contributed by atoms with E-state index in [2.05, 4.69) is 5.32 Å². The molecule has 4 aromatic carbocycles. The molecule has 4 rings (SSSR count). The summed E-state index contributed by atoms with van der Waals surface area (Å²) in [5.74, 6) is -0.273. The van der Waals surface area contributed by atoms with Crippen molar-refractivity contribution in [1.29, 1.82) is 0 Å². The Hall–Kier alpha value is -4.63. The van der Waals surface area contributed by atoms with Crippen molar-refractivity contribution in [3.05, 3.63) is 125 Å². The van der Waals surface area contributed by atoms with Crippen LogP contribution in [0.2, 0.25) is 0 Å². The maximum atomic E-state index is 14.4. The normalized spacial score (nSPS) is 11.8. The fourth-order valence-electron chi connectivity index (χ4n) is 5.15. The summed E-state index contributed by atoms with van der Waals surface area (Å²) in [6.45, 7) is 5.19.